The van der Waals surface area contributed by atoms with E-state index >= 15 is 0 Å². The molecule has 1 fully saturated rings. The summed E-state index contributed by atoms with van der Waals surface area (Å²) < 4.78 is 19.8. The van der Waals surface area contributed by atoms with Crippen molar-refractivity contribution in [3.63, 3.8) is 0 Å². The second kappa shape index (κ2) is 11.0. The lowest BCUT2D eigenvalue weighted by molar-refractivity contribution is 0.185. The molecule has 0 saturated carbocycles. The molecule has 0 radical (unpaired) electrons. The van der Waals surface area contributed by atoms with Gasteiger partial charge in [-0.1, -0.05) is 12.1 Å². The molecule has 198 valence electrons. The summed E-state index contributed by atoms with van der Waals surface area (Å²) in [5, 5.41) is 3.50. The van der Waals surface area contributed by atoms with Gasteiger partial charge in [-0.25, -0.2) is 24.3 Å². The van der Waals surface area contributed by atoms with Crippen LogP contribution < -0.4 is 15.8 Å². The highest BCUT2D eigenvalue weighted by Crippen LogP contribution is 2.31. The van der Waals surface area contributed by atoms with Crippen molar-refractivity contribution in [1.29, 1.82) is 0 Å². The highest BCUT2D eigenvalue weighted by Gasteiger charge is 2.21. The Balaban J connectivity index is 1.22. The first kappa shape index (κ1) is 24.7. The quantitative estimate of drug-likeness (QED) is 0.307. The van der Waals surface area contributed by atoms with E-state index in [1.807, 2.05) is 34.9 Å². The Morgan fingerprint density at radius 3 is 2.56 bits per heavy atom. The Kier molecular flexibility index (Phi) is 6.96. The zero-order valence-electron chi connectivity index (χ0n) is 21.2. The van der Waals surface area contributed by atoms with E-state index in [9.17, 15) is 4.39 Å². The number of nitrogens with zero attached hydrogens (tertiary/aromatic N) is 7. The predicted molar refractivity (Wildman–Crippen MR) is 147 cm³/mol. The fraction of sp³-hybridized carbons (Fsp3) is 0.250. The minimum Gasteiger partial charge on any atom is -0.446 e. The lowest BCUT2D eigenvalue weighted by Gasteiger charge is -2.32. The van der Waals surface area contributed by atoms with Gasteiger partial charge >= 0.3 is 0 Å². The summed E-state index contributed by atoms with van der Waals surface area (Å²) in [6.07, 6.45) is 7.06. The summed E-state index contributed by atoms with van der Waals surface area (Å²) in [5.41, 5.74) is 10.1. The van der Waals surface area contributed by atoms with E-state index in [0.717, 1.165) is 44.0 Å². The van der Waals surface area contributed by atoms with Gasteiger partial charge in [0, 0.05) is 49.8 Å². The molecule has 1 aliphatic rings. The van der Waals surface area contributed by atoms with Crippen LogP contribution in [-0.4, -0.2) is 60.4 Å². The zero-order chi connectivity index (χ0) is 26.6. The first-order chi connectivity index (χ1) is 19.2. The van der Waals surface area contributed by atoms with Crippen LogP contribution in [0, 0.1) is 0 Å². The van der Waals surface area contributed by atoms with Gasteiger partial charge in [0.2, 0.25) is 12.7 Å². The summed E-state index contributed by atoms with van der Waals surface area (Å²) in [6, 6.07) is 17.7. The van der Waals surface area contributed by atoms with Crippen molar-refractivity contribution < 1.29 is 9.13 Å². The van der Waals surface area contributed by atoms with E-state index in [2.05, 4.69) is 42.3 Å². The highest BCUT2D eigenvalue weighted by molar-refractivity contribution is 5.83. The van der Waals surface area contributed by atoms with Crippen molar-refractivity contribution in [3.05, 3.63) is 78.9 Å². The Morgan fingerprint density at radius 1 is 0.974 bits per heavy atom. The van der Waals surface area contributed by atoms with Crippen molar-refractivity contribution >= 4 is 22.8 Å². The van der Waals surface area contributed by atoms with Gasteiger partial charge < -0.3 is 15.8 Å². The Bertz CT molecular complexity index is 1550. The molecule has 0 amide bonds. The molecule has 1 aliphatic heterocycles. The fourth-order valence-electron chi connectivity index (χ4n) is 4.94. The van der Waals surface area contributed by atoms with E-state index in [-0.39, 0.29) is 5.88 Å². The summed E-state index contributed by atoms with van der Waals surface area (Å²) in [5.74, 6) is 2.03. The molecule has 5 heterocycles. The molecule has 10 nitrogen and oxygen atoms in total. The molecule has 1 saturated heterocycles. The summed E-state index contributed by atoms with van der Waals surface area (Å²) in [4.78, 5) is 24.2. The molecule has 4 aromatic heterocycles. The molecule has 11 heteroatoms. The Labute approximate surface area is 224 Å². The summed E-state index contributed by atoms with van der Waals surface area (Å²) in [6.45, 7) is 1.91. The third-order valence-electron chi connectivity index (χ3n) is 6.88. The number of anilines is 2. The third-order valence-corrected chi connectivity index (χ3v) is 6.88. The van der Waals surface area contributed by atoms with Crippen molar-refractivity contribution in [3.8, 4) is 23.0 Å². The van der Waals surface area contributed by atoms with E-state index in [1.165, 1.54) is 5.56 Å². The van der Waals surface area contributed by atoms with Crippen LogP contribution in [0.2, 0.25) is 0 Å². The summed E-state index contributed by atoms with van der Waals surface area (Å²) in [7, 11) is 0. The van der Waals surface area contributed by atoms with Gasteiger partial charge in [0.05, 0.1) is 5.56 Å². The SMILES string of the molecule is Nc1ncccc1-c1nc2ccc(OCF)nc2n1-c1ccc(CN2CCC(Nc3ccncn3)CC2)cc1. The first-order valence-electron chi connectivity index (χ1n) is 12.8. The minimum atomic E-state index is -0.961. The number of nitrogen functional groups attached to an aromatic ring is 1. The van der Waals surface area contributed by atoms with Crippen LogP contribution in [0.4, 0.5) is 16.0 Å². The number of nitrogens with one attached hydrogen (secondary N) is 1. The molecule has 39 heavy (non-hydrogen) atoms. The third kappa shape index (κ3) is 5.34. The number of hydrogen-bond acceptors (Lipinski definition) is 9. The number of nitrogens with two attached hydrogens (primary N) is 1. The lowest BCUT2D eigenvalue weighted by Crippen LogP contribution is -2.38. The van der Waals surface area contributed by atoms with Crippen LogP contribution in [0.25, 0.3) is 28.2 Å². The van der Waals surface area contributed by atoms with E-state index in [1.54, 1.807) is 30.9 Å². The van der Waals surface area contributed by atoms with Crippen LogP contribution in [-0.2, 0) is 6.54 Å². The van der Waals surface area contributed by atoms with Gasteiger partial charge in [0.15, 0.2) is 11.5 Å². The van der Waals surface area contributed by atoms with Crippen LogP contribution in [0.3, 0.4) is 0 Å². The zero-order valence-corrected chi connectivity index (χ0v) is 21.2. The number of likely N-dealkylation sites (tertiary alicyclic amines) is 1. The molecule has 0 spiro atoms. The summed E-state index contributed by atoms with van der Waals surface area (Å²) >= 11 is 0. The highest BCUT2D eigenvalue weighted by atomic mass is 19.1. The van der Waals surface area contributed by atoms with Crippen LogP contribution in [0.5, 0.6) is 5.88 Å². The average Bonchev–Trinajstić information content (AvgIpc) is 3.34. The van der Waals surface area contributed by atoms with Crippen LogP contribution in [0.15, 0.2) is 73.3 Å². The number of rotatable bonds is 8. The topological polar surface area (TPSA) is 120 Å². The number of ether oxygens (including phenoxy) is 1. The number of imidazole rings is 1. The van der Waals surface area contributed by atoms with Crippen molar-refractivity contribution in [2.24, 2.45) is 0 Å². The fourth-order valence-corrected chi connectivity index (χ4v) is 4.94. The molecule has 1 aromatic carbocycles. The maximum Gasteiger partial charge on any atom is 0.230 e. The van der Waals surface area contributed by atoms with E-state index < -0.39 is 6.86 Å². The number of fused-ring (bicyclic) bond motifs is 1. The number of aromatic nitrogens is 6. The van der Waals surface area contributed by atoms with Gasteiger partial charge in [-0.15, -0.1) is 0 Å². The van der Waals surface area contributed by atoms with E-state index in [4.69, 9.17) is 15.5 Å². The maximum atomic E-state index is 12.9. The van der Waals surface area contributed by atoms with E-state index in [0.29, 0.717) is 34.4 Å². The number of pyridine rings is 2. The van der Waals surface area contributed by atoms with Gasteiger partial charge in [-0.2, -0.15) is 4.98 Å². The number of hydrogen-bond donors (Lipinski definition) is 2. The molecule has 0 atom stereocenters. The second-order valence-electron chi connectivity index (χ2n) is 9.41. The van der Waals surface area contributed by atoms with Crippen molar-refractivity contribution in [1.82, 2.24) is 34.4 Å². The van der Waals surface area contributed by atoms with Crippen LogP contribution >= 0.6 is 0 Å². The number of piperidine rings is 1. The van der Waals surface area contributed by atoms with Crippen LogP contribution in [0.1, 0.15) is 18.4 Å². The molecule has 0 unspecified atom stereocenters. The molecule has 5 aromatic rings. The van der Waals surface area contributed by atoms with Crippen molar-refractivity contribution in [2.75, 3.05) is 31.0 Å². The van der Waals surface area contributed by atoms with Gasteiger partial charge in [0.25, 0.3) is 0 Å². The molecule has 3 N–H and O–H groups in total. The minimum absolute atomic E-state index is 0.186. The Morgan fingerprint density at radius 2 is 1.82 bits per heavy atom. The standard InChI is InChI=1S/C28H28FN9O/c29-17-39-25-8-7-23-28(36-25)38(27(35-23)22-2-1-12-32-26(22)30)21-5-3-19(4-6-21)16-37-14-10-20(11-15-37)34-24-9-13-31-18-33-24/h1-9,12-13,18,20H,10-11,14-17H2,(H2,30,32)(H,31,33,34). The average molecular weight is 526 g/mol. The second-order valence-corrected chi connectivity index (χ2v) is 9.41. The largest absolute Gasteiger partial charge is 0.446 e. The molecular weight excluding hydrogens is 497 g/mol. The lowest BCUT2D eigenvalue weighted by atomic mass is 10.0. The number of halogens is 1. The molecule has 0 bridgehead atoms. The van der Waals surface area contributed by atoms with Gasteiger partial charge in [-0.3, -0.25) is 9.47 Å². The maximum absolute atomic E-state index is 12.9. The predicted octanol–water partition coefficient (Wildman–Crippen LogP) is 4.24. The smallest absolute Gasteiger partial charge is 0.230 e. The number of alkyl halides is 1. The monoisotopic (exact) mass is 525 g/mol. The molecule has 6 rings (SSSR count). The first-order valence-corrected chi connectivity index (χ1v) is 12.8. The number of benzene rings is 1. The van der Waals surface area contributed by atoms with Gasteiger partial charge in [0.1, 0.15) is 23.5 Å². The molecular formula is C28H28FN9O. The molecule has 0 aliphatic carbocycles. The normalized spacial score (nSPS) is 14.5. The van der Waals surface area contributed by atoms with Gasteiger partial charge in [-0.05, 0) is 54.8 Å². The van der Waals surface area contributed by atoms with Crippen molar-refractivity contribution in [2.45, 2.75) is 25.4 Å². The Hall–Kier alpha value is -4.64.